The van der Waals surface area contributed by atoms with Crippen molar-refractivity contribution in [2.45, 2.75) is 17.4 Å². The molecule has 0 radical (unpaired) electrons. The van der Waals surface area contributed by atoms with E-state index in [2.05, 4.69) is 0 Å². The topological polar surface area (TPSA) is 85.4 Å². The van der Waals surface area contributed by atoms with Crippen molar-refractivity contribution in [2.24, 2.45) is 0 Å². The molecule has 1 aromatic heterocycles. The number of fused-ring (bicyclic) bond motifs is 1. The number of sulfonamides is 1. The van der Waals surface area contributed by atoms with Gasteiger partial charge in [-0.2, -0.15) is 4.31 Å². The van der Waals surface area contributed by atoms with Gasteiger partial charge in [-0.15, -0.1) is 11.3 Å². The van der Waals surface area contributed by atoms with Crippen LogP contribution in [0.5, 0.6) is 11.5 Å². The normalized spacial score (nSPS) is 18.5. The van der Waals surface area contributed by atoms with Crippen LogP contribution in [0.4, 0.5) is 0 Å². The molecule has 8 nitrogen and oxygen atoms in total. The van der Waals surface area contributed by atoms with Crippen molar-refractivity contribution in [1.29, 1.82) is 0 Å². The van der Waals surface area contributed by atoms with Gasteiger partial charge >= 0.3 is 0 Å². The molecule has 1 atom stereocenters. The molecule has 5 rings (SSSR count). The van der Waals surface area contributed by atoms with E-state index in [0.717, 1.165) is 16.0 Å². The summed E-state index contributed by atoms with van der Waals surface area (Å²) in [6, 6.07) is 13.9. The molecule has 2 aromatic carbocycles. The van der Waals surface area contributed by atoms with Crippen molar-refractivity contribution >= 4 is 27.3 Å². The Kier molecular flexibility index (Phi) is 7.03. The summed E-state index contributed by atoms with van der Waals surface area (Å²) in [6.45, 7) is 1.82. The van der Waals surface area contributed by atoms with Gasteiger partial charge in [-0.05, 0) is 59.3 Å². The smallest absolute Gasteiger partial charge is 0.254 e. The van der Waals surface area contributed by atoms with Crippen LogP contribution in [0.2, 0.25) is 0 Å². The van der Waals surface area contributed by atoms with E-state index in [0.29, 0.717) is 56.3 Å². The number of nitrogens with zero attached hydrogens (tertiary/aromatic N) is 2. The summed E-state index contributed by atoms with van der Waals surface area (Å²) in [7, 11) is -0.514. The second-order valence-corrected chi connectivity index (χ2v) is 11.5. The van der Waals surface area contributed by atoms with Crippen LogP contribution in [0.15, 0.2) is 58.8 Å². The van der Waals surface area contributed by atoms with Crippen molar-refractivity contribution < 1.29 is 27.4 Å². The molecule has 36 heavy (non-hydrogen) atoms. The van der Waals surface area contributed by atoms with Crippen molar-refractivity contribution in [3.63, 3.8) is 0 Å². The van der Waals surface area contributed by atoms with Crippen LogP contribution in [0.1, 0.15) is 32.4 Å². The summed E-state index contributed by atoms with van der Waals surface area (Å²) >= 11 is 1.58. The summed E-state index contributed by atoms with van der Waals surface area (Å²) < 4.78 is 44.2. The molecule has 0 N–H and O–H groups in total. The molecule has 1 saturated heterocycles. The van der Waals surface area contributed by atoms with Gasteiger partial charge in [0.2, 0.25) is 10.0 Å². The predicted octanol–water partition coefficient (Wildman–Crippen LogP) is 3.57. The summed E-state index contributed by atoms with van der Waals surface area (Å²) in [5.41, 5.74) is 2.42. The number of thiophene rings is 1. The maximum Gasteiger partial charge on any atom is 0.254 e. The van der Waals surface area contributed by atoms with Gasteiger partial charge in [0.1, 0.15) is 0 Å². The molecule has 1 amide bonds. The molecular weight excluding hydrogens is 500 g/mol. The number of hydrogen-bond acceptors (Lipinski definition) is 7. The Hall–Kier alpha value is -2.92. The molecule has 0 bridgehead atoms. The monoisotopic (exact) mass is 528 g/mol. The molecule has 0 aliphatic carbocycles. The Labute approximate surface area is 215 Å². The van der Waals surface area contributed by atoms with Crippen LogP contribution >= 0.6 is 11.3 Å². The van der Waals surface area contributed by atoms with Crippen LogP contribution in [0, 0.1) is 0 Å². The van der Waals surface area contributed by atoms with Gasteiger partial charge < -0.3 is 19.1 Å². The molecule has 1 fully saturated rings. The largest absolute Gasteiger partial charge is 0.493 e. The Morgan fingerprint density at radius 3 is 2.44 bits per heavy atom. The van der Waals surface area contributed by atoms with E-state index in [9.17, 15) is 13.2 Å². The fourth-order valence-corrected chi connectivity index (χ4v) is 7.12. The van der Waals surface area contributed by atoms with Crippen LogP contribution < -0.4 is 9.47 Å². The van der Waals surface area contributed by atoms with E-state index in [1.807, 2.05) is 34.5 Å². The Morgan fingerprint density at radius 1 is 1.00 bits per heavy atom. The minimum absolute atomic E-state index is 0.117. The quantitative estimate of drug-likeness (QED) is 0.486. The lowest BCUT2D eigenvalue weighted by Gasteiger charge is -2.37. The third-order valence-corrected chi connectivity index (χ3v) is 9.46. The number of carbonyl (C=O) groups excluding carboxylic acids is 1. The molecule has 3 heterocycles. The van der Waals surface area contributed by atoms with Crippen LogP contribution in [-0.2, 0) is 21.2 Å². The van der Waals surface area contributed by atoms with E-state index >= 15 is 0 Å². The molecule has 3 aromatic rings. The number of hydrogen-bond donors (Lipinski definition) is 0. The molecular formula is C26H28N2O6S2. The first kappa shape index (κ1) is 24.8. The lowest BCUT2D eigenvalue weighted by Crippen LogP contribution is -2.41. The van der Waals surface area contributed by atoms with Crippen molar-refractivity contribution in [3.8, 4) is 11.5 Å². The molecule has 2 aliphatic rings. The lowest BCUT2D eigenvalue weighted by atomic mass is 9.90. The van der Waals surface area contributed by atoms with Crippen LogP contribution in [0.3, 0.4) is 0 Å². The number of carbonyl (C=O) groups is 1. The second-order valence-electron chi connectivity index (χ2n) is 8.62. The van der Waals surface area contributed by atoms with Crippen LogP contribution in [-0.4, -0.2) is 70.6 Å². The maximum atomic E-state index is 13.9. The van der Waals surface area contributed by atoms with E-state index in [-0.39, 0.29) is 16.8 Å². The summed E-state index contributed by atoms with van der Waals surface area (Å²) in [6.07, 6.45) is 0.648. The number of rotatable bonds is 6. The molecule has 0 unspecified atom stereocenters. The van der Waals surface area contributed by atoms with E-state index in [1.54, 1.807) is 43.8 Å². The van der Waals surface area contributed by atoms with Gasteiger partial charge in [-0.1, -0.05) is 12.1 Å². The zero-order valence-electron chi connectivity index (χ0n) is 20.2. The number of ether oxygens (including phenoxy) is 3. The summed E-state index contributed by atoms with van der Waals surface area (Å²) in [4.78, 5) is 16.9. The second kappa shape index (κ2) is 10.2. The zero-order chi connectivity index (χ0) is 25.3. The third kappa shape index (κ3) is 4.50. The highest BCUT2D eigenvalue weighted by atomic mass is 32.2. The average molecular weight is 529 g/mol. The fraction of sp³-hybridized carbons (Fsp3) is 0.346. The lowest BCUT2D eigenvalue weighted by molar-refractivity contribution is 0.0696. The highest BCUT2D eigenvalue weighted by Gasteiger charge is 2.35. The Balaban J connectivity index is 1.52. The maximum absolute atomic E-state index is 13.9. The number of amides is 1. The van der Waals surface area contributed by atoms with Gasteiger partial charge in [0.25, 0.3) is 5.91 Å². The van der Waals surface area contributed by atoms with E-state index < -0.39 is 10.0 Å². The van der Waals surface area contributed by atoms with Crippen molar-refractivity contribution in [1.82, 2.24) is 9.21 Å². The zero-order valence-corrected chi connectivity index (χ0v) is 21.8. The predicted molar refractivity (Wildman–Crippen MR) is 136 cm³/mol. The van der Waals surface area contributed by atoms with Gasteiger partial charge in [0.15, 0.2) is 11.5 Å². The first-order valence-electron chi connectivity index (χ1n) is 11.7. The molecule has 190 valence electrons. The average Bonchev–Trinajstić information content (AvgIpc) is 3.46. The minimum Gasteiger partial charge on any atom is -0.493 e. The van der Waals surface area contributed by atoms with E-state index in [4.69, 9.17) is 14.2 Å². The Bertz CT molecular complexity index is 1350. The summed E-state index contributed by atoms with van der Waals surface area (Å²) in [5, 5.41) is 1.99. The van der Waals surface area contributed by atoms with Gasteiger partial charge in [-0.3, -0.25) is 4.79 Å². The number of benzene rings is 2. The molecule has 2 aliphatic heterocycles. The SMILES string of the molecule is COc1cc2c(cc1OC)[C@H](c1cccs1)N(C(=O)c1cccc(S(=O)(=O)N3CCOCC3)c1)CC2. The number of morpholine rings is 1. The van der Waals surface area contributed by atoms with Crippen molar-refractivity contribution in [2.75, 3.05) is 47.1 Å². The minimum atomic E-state index is -3.72. The van der Waals surface area contributed by atoms with Gasteiger partial charge in [0, 0.05) is 30.1 Å². The first-order valence-corrected chi connectivity index (χ1v) is 14.0. The highest BCUT2D eigenvalue weighted by Crippen LogP contribution is 2.42. The van der Waals surface area contributed by atoms with Crippen molar-refractivity contribution in [3.05, 3.63) is 75.5 Å². The van der Waals surface area contributed by atoms with Gasteiger partial charge in [0.05, 0.1) is 38.4 Å². The third-order valence-electron chi connectivity index (χ3n) is 6.64. The highest BCUT2D eigenvalue weighted by molar-refractivity contribution is 7.89. The fourth-order valence-electron chi connectivity index (χ4n) is 4.81. The summed E-state index contributed by atoms with van der Waals surface area (Å²) in [5.74, 6) is 1.04. The Morgan fingerprint density at radius 2 is 1.75 bits per heavy atom. The molecule has 10 heteroatoms. The molecule has 0 spiro atoms. The van der Waals surface area contributed by atoms with Gasteiger partial charge in [-0.25, -0.2) is 8.42 Å². The van der Waals surface area contributed by atoms with Crippen LogP contribution in [0.25, 0.3) is 0 Å². The molecule has 0 saturated carbocycles. The standard InChI is InChI=1S/C26H28N2O6S2/c1-32-22-16-18-8-9-28(25(24-7-4-14-35-24)21(18)17-23(22)33-2)26(29)19-5-3-6-20(15-19)36(30,31)27-10-12-34-13-11-27/h3-7,14-17,25H,8-13H2,1-2H3/t25-/m1/s1. The number of methoxy groups -OCH3 is 2. The first-order chi connectivity index (χ1) is 17.4. The van der Waals surface area contributed by atoms with E-state index in [1.165, 1.54) is 10.4 Å².